The van der Waals surface area contributed by atoms with E-state index in [4.69, 9.17) is 9.26 Å². The Balaban J connectivity index is 1.46. The molecule has 3 aromatic rings. The highest BCUT2D eigenvalue weighted by atomic mass is 16.5. The van der Waals surface area contributed by atoms with E-state index in [-0.39, 0.29) is 6.10 Å². The van der Waals surface area contributed by atoms with Crippen LogP contribution in [0.15, 0.2) is 47.2 Å². The molecule has 3 rings (SSSR count). The highest BCUT2D eigenvalue weighted by Crippen LogP contribution is 2.12. The Bertz CT molecular complexity index is 964. The summed E-state index contributed by atoms with van der Waals surface area (Å²) in [7, 11) is 0. The number of rotatable bonds is 10. The molecule has 0 saturated heterocycles. The van der Waals surface area contributed by atoms with E-state index >= 15 is 0 Å². The maximum absolute atomic E-state index is 9.18. The van der Waals surface area contributed by atoms with Crippen LogP contribution in [0.5, 0.6) is 5.75 Å². The fourth-order valence-electron chi connectivity index (χ4n) is 2.88. The van der Waals surface area contributed by atoms with Crippen LogP contribution in [0.1, 0.15) is 43.1 Å². The van der Waals surface area contributed by atoms with Crippen LogP contribution < -0.4 is 10.1 Å². The van der Waals surface area contributed by atoms with Crippen molar-refractivity contribution in [1.82, 2.24) is 20.0 Å². The number of aliphatic hydroxyl groups excluding tert-OH is 1. The minimum atomic E-state index is -0.325. The number of aromatic nitrogens is 3. The van der Waals surface area contributed by atoms with E-state index in [1.807, 2.05) is 36.5 Å². The van der Waals surface area contributed by atoms with Crippen molar-refractivity contribution >= 4 is 0 Å². The van der Waals surface area contributed by atoms with Gasteiger partial charge in [-0.05, 0) is 50.1 Å². The molecule has 0 aliphatic rings. The average molecular weight is 409 g/mol. The molecular formula is C23H28N4O3. The Morgan fingerprint density at radius 2 is 2.10 bits per heavy atom. The highest BCUT2D eigenvalue weighted by Gasteiger charge is 2.06. The van der Waals surface area contributed by atoms with Crippen molar-refractivity contribution in [2.24, 2.45) is 0 Å². The summed E-state index contributed by atoms with van der Waals surface area (Å²) in [6.45, 7) is 6.49. The third-order valence-electron chi connectivity index (χ3n) is 4.40. The molecule has 2 N–H and O–H groups in total. The second-order valence-corrected chi connectivity index (χ2v) is 7.04. The minimum absolute atomic E-state index is 0.325. The zero-order valence-electron chi connectivity index (χ0n) is 17.5. The van der Waals surface area contributed by atoms with E-state index in [2.05, 4.69) is 38.8 Å². The summed E-state index contributed by atoms with van der Waals surface area (Å²) in [6.07, 6.45) is 5.16. The molecule has 30 heavy (non-hydrogen) atoms. The number of nitrogens with zero attached hydrogens (tertiary/aromatic N) is 3. The predicted molar refractivity (Wildman–Crippen MR) is 114 cm³/mol. The standard InChI is InChI=1S/C23H28N4O3/c1-3-23-25-12-13-27(23)17-20-15-22(30-26-20)10-7-19-5-8-21(9-6-19)29-14-4-11-24-16-18(2)28/h5-6,8-9,12-13,15,18,24,28H,3-4,11,14,16-17H2,1-2H3. The first-order valence-electron chi connectivity index (χ1n) is 10.2. The van der Waals surface area contributed by atoms with Crippen molar-refractivity contribution in [3.8, 4) is 17.6 Å². The van der Waals surface area contributed by atoms with Crippen LogP contribution in [0.2, 0.25) is 0 Å². The summed E-state index contributed by atoms with van der Waals surface area (Å²) in [6, 6.07) is 9.51. The molecule has 158 valence electrons. The van der Waals surface area contributed by atoms with Crippen LogP contribution in [-0.2, 0) is 13.0 Å². The zero-order chi connectivity index (χ0) is 21.2. The molecule has 0 radical (unpaired) electrons. The average Bonchev–Trinajstić information content (AvgIpc) is 3.39. The molecule has 0 spiro atoms. The van der Waals surface area contributed by atoms with E-state index in [1.165, 1.54) is 0 Å². The van der Waals surface area contributed by atoms with Gasteiger partial charge in [0, 0.05) is 37.0 Å². The Morgan fingerprint density at radius 3 is 2.87 bits per heavy atom. The second kappa shape index (κ2) is 11.2. The monoisotopic (exact) mass is 408 g/mol. The summed E-state index contributed by atoms with van der Waals surface area (Å²) < 4.78 is 13.1. The van der Waals surface area contributed by atoms with Gasteiger partial charge >= 0.3 is 0 Å². The van der Waals surface area contributed by atoms with Crippen molar-refractivity contribution in [3.63, 3.8) is 0 Å². The molecule has 0 fully saturated rings. The van der Waals surface area contributed by atoms with Crippen LogP contribution >= 0.6 is 0 Å². The molecule has 2 aromatic heterocycles. The van der Waals surface area contributed by atoms with Gasteiger partial charge in [-0.1, -0.05) is 18.0 Å². The van der Waals surface area contributed by atoms with Gasteiger partial charge in [-0.15, -0.1) is 0 Å². The van der Waals surface area contributed by atoms with Gasteiger partial charge in [0.15, 0.2) is 0 Å². The lowest BCUT2D eigenvalue weighted by Crippen LogP contribution is -2.26. The summed E-state index contributed by atoms with van der Waals surface area (Å²) >= 11 is 0. The van der Waals surface area contributed by atoms with Gasteiger partial charge in [0.05, 0.1) is 19.3 Å². The second-order valence-electron chi connectivity index (χ2n) is 7.04. The van der Waals surface area contributed by atoms with Crippen molar-refractivity contribution in [2.45, 2.75) is 39.3 Å². The van der Waals surface area contributed by atoms with Crippen LogP contribution in [0.25, 0.3) is 0 Å². The Kier molecular flexibility index (Phi) is 8.07. The molecule has 1 atom stereocenters. The summed E-state index contributed by atoms with van der Waals surface area (Å²) in [5, 5.41) is 16.4. The van der Waals surface area contributed by atoms with Gasteiger partial charge in [0.25, 0.3) is 0 Å². The highest BCUT2D eigenvalue weighted by molar-refractivity contribution is 5.41. The third-order valence-corrected chi connectivity index (χ3v) is 4.40. The lowest BCUT2D eigenvalue weighted by Gasteiger charge is -2.08. The molecule has 7 nitrogen and oxygen atoms in total. The molecule has 0 saturated carbocycles. The van der Waals surface area contributed by atoms with Gasteiger partial charge in [-0.2, -0.15) is 0 Å². The SMILES string of the molecule is CCc1nccn1Cc1cc(C#Cc2ccc(OCCCNCC(C)O)cc2)on1. The maximum Gasteiger partial charge on any atom is 0.210 e. The lowest BCUT2D eigenvalue weighted by atomic mass is 10.2. The lowest BCUT2D eigenvalue weighted by molar-refractivity contribution is 0.190. The normalized spacial score (nSPS) is 11.7. The first kappa shape index (κ1) is 21.6. The first-order valence-corrected chi connectivity index (χ1v) is 10.2. The number of aliphatic hydroxyl groups is 1. The van der Waals surface area contributed by atoms with Gasteiger partial charge in [-0.3, -0.25) is 0 Å². The Hall–Kier alpha value is -3.08. The van der Waals surface area contributed by atoms with Crippen molar-refractivity contribution in [3.05, 3.63) is 65.6 Å². The number of imidazole rings is 1. The molecule has 7 heteroatoms. The van der Waals surface area contributed by atoms with Crippen LogP contribution in [0, 0.1) is 11.8 Å². The van der Waals surface area contributed by atoms with Crippen LogP contribution in [0.4, 0.5) is 0 Å². The molecule has 0 aliphatic carbocycles. The van der Waals surface area contributed by atoms with Crippen molar-refractivity contribution in [2.75, 3.05) is 19.7 Å². The Labute approximate surface area is 177 Å². The number of aryl methyl sites for hydroxylation is 1. The minimum Gasteiger partial charge on any atom is -0.494 e. The maximum atomic E-state index is 9.18. The molecular weight excluding hydrogens is 380 g/mol. The van der Waals surface area contributed by atoms with Crippen molar-refractivity contribution < 1.29 is 14.4 Å². The first-order chi connectivity index (χ1) is 14.6. The molecule has 1 unspecified atom stereocenters. The zero-order valence-corrected chi connectivity index (χ0v) is 17.5. The predicted octanol–water partition coefficient (Wildman–Crippen LogP) is 2.62. The van der Waals surface area contributed by atoms with Gasteiger partial charge in [0.2, 0.25) is 5.76 Å². The van der Waals surface area contributed by atoms with E-state index in [9.17, 15) is 5.11 Å². The molecule has 0 aliphatic heterocycles. The molecule has 0 amide bonds. The van der Waals surface area contributed by atoms with Gasteiger partial charge < -0.3 is 24.3 Å². The van der Waals surface area contributed by atoms with E-state index in [1.54, 1.807) is 13.1 Å². The fourth-order valence-corrected chi connectivity index (χ4v) is 2.88. The van der Waals surface area contributed by atoms with Gasteiger partial charge in [0.1, 0.15) is 17.3 Å². The molecule has 0 bridgehead atoms. The van der Waals surface area contributed by atoms with Gasteiger partial charge in [-0.25, -0.2) is 4.98 Å². The summed E-state index contributed by atoms with van der Waals surface area (Å²) in [5.74, 6) is 8.46. The fraction of sp³-hybridized carbons (Fsp3) is 0.391. The summed E-state index contributed by atoms with van der Waals surface area (Å²) in [5.41, 5.74) is 1.69. The quantitative estimate of drug-likeness (QED) is 0.396. The van der Waals surface area contributed by atoms with Crippen molar-refractivity contribution in [1.29, 1.82) is 0 Å². The largest absolute Gasteiger partial charge is 0.494 e. The summed E-state index contributed by atoms with van der Waals surface area (Å²) in [4.78, 5) is 4.31. The number of ether oxygens (including phenoxy) is 1. The molecule has 2 heterocycles. The Morgan fingerprint density at radius 1 is 1.27 bits per heavy atom. The van der Waals surface area contributed by atoms with E-state index in [0.717, 1.165) is 42.2 Å². The smallest absolute Gasteiger partial charge is 0.210 e. The topological polar surface area (TPSA) is 85.3 Å². The number of hydrogen-bond donors (Lipinski definition) is 2. The van der Waals surface area contributed by atoms with E-state index in [0.29, 0.717) is 25.5 Å². The number of hydrogen-bond acceptors (Lipinski definition) is 6. The van der Waals surface area contributed by atoms with Crippen LogP contribution in [0.3, 0.4) is 0 Å². The van der Waals surface area contributed by atoms with E-state index < -0.39 is 0 Å². The number of nitrogens with one attached hydrogen (secondary N) is 1. The number of benzene rings is 1. The third kappa shape index (κ3) is 6.76. The van der Waals surface area contributed by atoms with Crippen LogP contribution in [-0.4, -0.2) is 45.6 Å². The molecule has 1 aromatic carbocycles.